The molecular formula is C13H21N3OS. The number of carbonyl (C=O) groups is 1. The summed E-state index contributed by atoms with van der Waals surface area (Å²) >= 11 is 1.63. The highest BCUT2D eigenvalue weighted by atomic mass is 32.1. The molecule has 1 amide bonds. The van der Waals surface area contributed by atoms with Gasteiger partial charge in [-0.3, -0.25) is 4.79 Å². The molecule has 1 aromatic rings. The Hall–Kier alpha value is -0.940. The third kappa shape index (κ3) is 3.09. The lowest BCUT2D eigenvalue weighted by Gasteiger charge is -2.32. The van der Waals surface area contributed by atoms with Gasteiger partial charge < -0.3 is 10.2 Å². The number of aryl methyl sites for hydroxylation is 1. The average Bonchev–Trinajstić information content (AvgIpc) is 2.74. The molecule has 0 saturated carbocycles. The van der Waals surface area contributed by atoms with Crippen LogP contribution in [-0.2, 0) is 11.3 Å². The van der Waals surface area contributed by atoms with E-state index in [4.69, 9.17) is 0 Å². The van der Waals surface area contributed by atoms with E-state index in [1.807, 2.05) is 19.4 Å². The number of rotatable bonds is 3. The van der Waals surface area contributed by atoms with Gasteiger partial charge in [-0.25, -0.2) is 4.98 Å². The van der Waals surface area contributed by atoms with Gasteiger partial charge >= 0.3 is 0 Å². The molecule has 1 aliphatic rings. The lowest BCUT2D eigenvalue weighted by Crippen LogP contribution is -2.51. The first kappa shape index (κ1) is 13.5. The monoisotopic (exact) mass is 267 g/mol. The molecular weight excluding hydrogens is 246 g/mol. The van der Waals surface area contributed by atoms with Crippen molar-refractivity contribution in [3.8, 4) is 0 Å². The Bertz CT molecular complexity index is 418. The number of nitrogens with zero attached hydrogens (tertiary/aromatic N) is 2. The highest BCUT2D eigenvalue weighted by molar-refractivity contribution is 7.09. The molecule has 5 heteroatoms. The van der Waals surface area contributed by atoms with Crippen LogP contribution in [-0.4, -0.2) is 35.4 Å². The van der Waals surface area contributed by atoms with E-state index in [1.54, 1.807) is 16.2 Å². The summed E-state index contributed by atoms with van der Waals surface area (Å²) in [7, 11) is 1.86. The minimum Gasteiger partial charge on any atom is -0.338 e. The van der Waals surface area contributed by atoms with Crippen LogP contribution < -0.4 is 5.32 Å². The molecule has 1 aromatic heterocycles. The zero-order chi connectivity index (χ0) is 13.1. The van der Waals surface area contributed by atoms with E-state index < -0.39 is 0 Å². The molecule has 0 aliphatic carbocycles. The van der Waals surface area contributed by atoms with E-state index >= 15 is 0 Å². The highest BCUT2D eigenvalue weighted by Crippen LogP contribution is 2.18. The number of nitrogens with one attached hydrogen (secondary N) is 1. The van der Waals surface area contributed by atoms with Crippen molar-refractivity contribution in [2.75, 3.05) is 13.6 Å². The van der Waals surface area contributed by atoms with Crippen molar-refractivity contribution in [1.82, 2.24) is 15.2 Å². The lowest BCUT2D eigenvalue weighted by molar-refractivity contribution is -0.134. The molecule has 100 valence electrons. The minimum absolute atomic E-state index is 0.0246. The lowest BCUT2D eigenvalue weighted by atomic mass is 9.92. The largest absolute Gasteiger partial charge is 0.338 e. The zero-order valence-corrected chi connectivity index (χ0v) is 12.1. The van der Waals surface area contributed by atoms with E-state index in [0.717, 1.165) is 23.7 Å². The third-order valence-corrected chi connectivity index (χ3v) is 4.30. The van der Waals surface area contributed by atoms with E-state index in [0.29, 0.717) is 12.5 Å². The second-order valence-corrected chi connectivity index (χ2v) is 6.17. The van der Waals surface area contributed by atoms with Crippen molar-refractivity contribution in [2.24, 2.45) is 5.92 Å². The third-order valence-electron chi connectivity index (χ3n) is 3.48. The number of amides is 1. The van der Waals surface area contributed by atoms with Crippen LogP contribution in [0.5, 0.6) is 0 Å². The summed E-state index contributed by atoms with van der Waals surface area (Å²) < 4.78 is 0. The van der Waals surface area contributed by atoms with Crippen LogP contribution in [0.2, 0.25) is 0 Å². The Balaban J connectivity index is 1.95. The number of hydrogen-bond donors (Lipinski definition) is 1. The standard InChI is InChI=1S/C13H21N3OS/c1-9-5-4-6-14-12(9)13(17)16(3)7-11-8-18-10(2)15-11/h8-9,12,14H,4-7H2,1-3H3. The predicted molar refractivity (Wildman–Crippen MR) is 73.5 cm³/mol. The number of likely N-dealkylation sites (N-methyl/N-ethyl adjacent to an activating group) is 1. The van der Waals surface area contributed by atoms with Crippen molar-refractivity contribution in [2.45, 2.75) is 39.3 Å². The van der Waals surface area contributed by atoms with Gasteiger partial charge in [-0.1, -0.05) is 6.92 Å². The molecule has 2 atom stereocenters. The first-order valence-corrected chi connectivity index (χ1v) is 7.35. The van der Waals surface area contributed by atoms with Gasteiger partial charge in [-0.05, 0) is 32.2 Å². The Kier molecular flexibility index (Phi) is 4.35. The maximum atomic E-state index is 12.4. The van der Waals surface area contributed by atoms with Gasteiger partial charge in [0.2, 0.25) is 5.91 Å². The van der Waals surface area contributed by atoms with Crippen LogP contribution in [0.15, 0.2) is 5.38 Å². The quantitative estimate of drug-likeness (QED) is 0.908. The summed E-state index contributed by atoms with van der Waals surface area (Å²) in [5, 5.41) is 6.41. The summed E-state index contributed by atoms with van der Waals surface area (Å²) in [6.45, 7) is 5.69. The van der Waals surface area contributed by atoms with Crippen molar-refractivity contribution in [1.29, 1.82) is 0 Å². The van der Waals surface area contributed by atoms with Crippen LogP contribution >= 0.6 is 11.3 Å². The van der Waals surface area contributed by atoms with Gasteiger partial charge in [-0.15, -0.1) is 11.3 Å². The van der Waals surface area contributed by atoms with Crippen molar-refractivity contribution in [3.05, 3.63) is 16.1 Å². The molecule has 1 N–H and O–H groups in total. The first-order chi connectivity index (χ1) is 8.58. The van der Waals surface area contributed by atoms with Gasteiger partial charge in [0.25, 0.3) is 0 Å². The van der Waals surface area contributed by atoms with Crippen molar-refractivity contribution in [3.63, 3.8) is 0 Å². The Morgan fingerprint density at radius 3 is 3.06 bits per heavy atom. The van der Waals surface area contributed by atoms with Crippen molar-refractivity contribution >= 4 is 17.2 Å². The van der Waals surface area contributed by atoms with Crippen LogP contribution in [0.1, 0.15) is 30.5 Å². The Morgan fingerprint density at radius 1 is 1.67 bits per heavy atom. The fourth-order valence-electron chi connectivity index (χ4n) is 2.42. The number of thiazole rings is 1. The molecule has 0 radical (unpaired) electrons. The van der Waals surface area contributed by atoms with Gasteiger partial charge in [-0.2, -0.15) is 0 Å². The summed E-state index contributed by atoms with van der Waals surface area (Å²) in [4.78, 5) is 18.5. The number of carbonyl (C=O) groups excluding carboxylic acids is 1. The van der Waals surface area contributed by atoms with E-state index in [1.165, 1.54) is 6.42 Å². The average molecular weight is 267 g/mol. The maximum Gasteiger partial charge on any atom is 0.240 e. The molecule has 1 fully saturated rings. The highest BCUT2D eigenvalue weighted by Gasteiger charge is 2.29. The SMILES string of the molecule is Cc1nc(CN(C)C(=O)C2NCCCC2C)cs1. The molecule has 18 heavy (non-hydrogen) atoms. The molecule has 0 bridgehead atoms. The van der Waals surface area contributed by atoms with Crippen LogP contribution in [0, 0.1) is 12.8 Å². The number of aromatic nitrogens is 1. The molecule has 0 spiro atoms. The Labute approximate surface area is 112 Å². The molecule has 4 nitrogen and oxygen atoms in total. The smallest absolute Gasteiger partial charge is 0.240 e. The van der Waals surface area contributed by atoms with Gasteiger partial charge in [0.15, 0.2) is 0 Å². The summed E-state index contributed by atoms with van der Waals surface area (Å²) in [5.41, 5.74) is 0.983. The fourth-order valence-corrected chi connectivity index (χ4v) is 3.02. The van der Waals surface area contributed by atoms with Gasteiger partial charge in [0.1, 0.15) is 0 Å². The molecule has 2 rings (SSSR count). The molecule has 1 aliphatic heterocycles. The molecule has 2 unspecified atom stereocenters. The summed E-state index contributed by atoms with van der Waals surface area (Å²) in [5.74, 6) is 0.610. The van der Waals surface area contributed by atoms with E-state index in [-0.39, 0.29) is 11.9 Å². The van der Waals surface area contributed by atoms with E-state index in [2.05, 4.69) is 17.2 Å². The van der Waals surface area contributed by atoms with Crippen LogP contribution in [0.3, 0.4) is 0 Å². The summed E-state index contributed by atoms with van der Waals surface area (Å²) in [6, 6.07) is -0.0246. The molecule has 0 aromatic carbocycles. The normalized spacial score (nSPS) is 23.9. The van der Waals surface area contributed by atoms with Gasteiger partial charge in [0, 0.05) is 12.4 Å². The molecule has 2 heterocycles. The number of hydrogen-bond acceptors (Lipinski definition) is 4. The van der Waals surface area contributed by atoms with E-state index in [9.17, 15) is 4.79 Å². The second-order valence-electron chi connectivity index (χ2n) is 5.10. The number of piperidine rings is 1. The van der Waals surface area contributed by atoms with Gasteiger partial charge in [0.05, 0.1) is 23.3 Å². The maximum absolute atomic E-state index is 12.4. The molecule has 1 saturated heterocycles. The fraction of sp³-hybridized carbons (Fsp3) is 0.692. The minimum atomic E-state index is -0.0246. The zero-order valence-electron chi connectivity index (χ0n) is 11.3. The topological polar surface area (TPSA) is 45.2 Å². The predicted octanol–water partition coefficient (Wildman–Crippen LogP) is 1.80. The second kappa shape index (κ2) is 5.80. The Morgan fingerprint density at radius 2 is 2.44 bits per heavy atom. The van der Waals surface area contributed by atoms with Crippen molar-refractivity contribution < 1.29 is 4.79 Å². The summed E-state index contributed by atoms with van der Waals surface area (Å²) in [6.07, 6.45) is 2.30. The first-order valence-electron chi connectivity index (χ1n) is 6.47. The van der Waals surface area contributed by atoms with Crippen LogP contribution in [0.25, 0.3) is 0 Å². The van der Waals surface area contributed by atoms with Crippen LogP contribution in [0.4, 0.5) is 0 Å².